The molecule has 0 aromatic heterocycles. The van der Waals surface area contributed by atoms with Gasteiger partial charge in [0, 0.05) is 6.04 Å². The largest absolute Gasteiger partial charge is 0.481 e. The lowest BCUT2D eigenvalue weighted by atomic mass is 9.80. The highest BCUT2D eigenvalue weighted by Crippen LogP contribution is 2.32. The van der Waals surface area contributed by atoms with E-state index in [1.165, 1.54) is 38.5 Å². The summed E-state index contributed by atoms with van der Waals surface area (Å²) < 4.78 is 0. The molecule has 0 spiro atoms. The lowest BCUT2D eigenvalue weighted by Gasteiger charge is -2.39. The number of carboxylic acid groups (broad SMARTS) is 1. The van der Waals surface area contributed by atoms with Crippen LogP contribution >= 0.6 is 0 Å². The van der Waals surface area contributed by atoms with E-state index in [2.05, 4.69) is 18.7 Å². The minimum Gasteiger partial charge on any atom is -0.481 e. The Morgan fingerprint density at radius 3 is 2.32 bits per heavy atom. The quantitative estimate of drug-likeness (QED) is 0.679. The summed E-state index contributed by atoms with van der Waals surface area (Å²) >= 11 is 0. The molecule has 1 rings (SSSR count). The molecular formula is C16H31NO2. The third-order valence-electron chi connectivity index (χ3n) is 4.77. The lowest BCUT2D eigenvalue weighted by molar-refractivity contribution is -0.151. The van der Waals surface area contributed by atoms with E-state index in [9.17, 15) is 9.90 Å². The van der Waals surface area contributed by atoms with Crippen LogP contribution in [0.5, 0.6) is 0 Å². The van der Waals surface area contributed by atoms with Crippen molar-refractivity contribution in [1.29, 1.82) is 0 Å². The molecule has 1 aliphatic heterocycles. The smallest absolute Gasteiger partial charge is 0.309 e. The molecule has 3 nitrogen and oxygen atoms in total. The van der Waals surface area contributed by atoms with E-state index in [0.717, 1.165) is 25.9 Å². The zero-order valence-corrected chi connectivity index (χ0v) is 13.0. The molecule has 3 heteroatoms. The standard InChI is InChI=1S/C16H31NO2/c1-4-5-6-7-8-9-14(2)17-12-10-16(3,11-13-17)15(18)19/h14H,4-13H2,1-3H3,(H,18,19). The van der Waals surface area contributed by atoms with Crippen molar-refractivity contribution < 1.29 is 9.90 Å². The molecule has 112 valence electrons. The summed E-state index contributed by atoms with van der Waals surface area (Å²) in [6.45, 7) is 8.32. The van der Waals surface area contributed by atoms with Gasteiger partial charge in [0.2, 0.25) is 0 Å². The Kier molecular flexibility index (Phi) is 6.84. The SMILES string of the molecule is CCCCCCCC(C)N1CCC(C)(C(=O)O)CC1. The van der Waals surface area contributed by atoms with Crippen LogP contribution < -0.4 is 0 Å². The molecule has 1 N–H and O–H groups in total. The van der Waals surface area contributed by atoms with Crippen LogP contribution in [0.25, 0.3) is 0 Å². The first kappa shape index (κ1) is 16.5. The minimum atomic E-state index is -0.626. The predicted molar refractivity (Wildman–Crippen MR) is 79.4 cm³/mol. The van der Waals surface area contributed by atoms with E-state index in [0.29, 0.717) is 6.04 Å². The average molecular weight is 269 g/mol. The summed E-state index contributed by atoms with van der Waals surface area (Å²) in [5.41, 5.74) is -0.489. The van der Waals surface area contributed by atoms with E-state index in [1.807, 2.05) is 6.92 Å². The van der Waals surface area contributed by atoms with E-state index < -0.39 is 11.4 Å². The van der Waals surface area contributed by atoms with E-state index in [-0.39, 0.29) is 0 Å². The number of aliphatic carboxylic acids is 1. The minimum absolute atomic E-state index is 0.489. The van der Waals surface area contributed by atoms with Gasteiger partial charge in [-0.2, -0.15) is 0 Å². The van der Waals surface area contributed by atoms with Crippen molar-refractivity contribution in [3.05, 3.63) is 0 Å². The van der Waals surface area contributed by atoms with Crippen molar-refractivity contribution in [2.75, 3.05) is 13.1 Å². The summed E-state index contributed by atoms with van der Waals surface area (Å²) in [6, 6.07) is 0.611. The fraction of sp³-hybridized carbons (Fsp3) is 0.938. The number of likely N-dealkylation sites (tertiary alicyclic amines) is 1. The maximum Gasteiger partial charge on any atom is 0.309 e. The summed E-state index contributed by atoms with van der Waals surface area (Å²) in [5, 5.41) is 9.23. The monoisotopic (exact) mass is 269 g/mol. The number of carbonyl (C=O) groups is 1. The van der Waals surface area contributed by atoms with E-state index in [4.69, 9.17) is 0 Å². The Morgan fingerprint density at radius 1 is 1.21 bits per heavy atom. The molecule has 19 heavy (non-hydrogen) atoms. The van der Waals surface area contributed by atoms with Crippen LogP contribution in [0, 0.1) is 5.41 Å². The highest BCUT2D eigenvalue weighted by molar-refractivity contribution is 5.74. The van der Waals surface area contributed by atoms with Gasteiger partial charge in [0.05, 0.1) is 5.41 Å². The highest BCUT2D eigenvalue weighted by Gasteiger charge is 2.37. The molecule has 1 fully saturated rings. The Bertz CT molecular complexity index is 270. The molecule has 0 radical (unpaired) electrons. The molecule has 1 heterocycles. The first-order valence-corrected chi connectivity index (χ1v) is 7.97. The molecule has 0 aliphatic carbocycles. The van der Waals surface area contributed by atoms with E-state index >= 15 is 0 Å². The molecular weight excluding hydrogens is 238 g/mol. The van der Waals surface area contributed by atoms with Crippen molar-refractivity contribution in [2.24, 2.45) is 5.41 Å². The van der Waals surface area contributed by atoms with Crippen LogP contribution in [0.2, 0.25) is 0 Å². The number of rotatable bonds is 8. The second-order valence-electron chi connectivity index (χ2n) is 6.45. The first-order valence-electron chi connectivity index (χ1n) is 7.97. The average Bonchev–Trinajstić information content (AvgIpc) is 2.39. The van der Waals surface area contributed by atoms with Crippen LogP contribution in [0.4, 0.5) is 0 Å². The third kappa shape index (κ3) is 5.13. The van der Waals surface area contributed by atoms with Crippen molar-refractivity contribution in [2.45, 2.75) is 78.2 Å². The topological polar surface area (TPSA) is 40.5 Å². The Labute approximate surface area is 118 Å². The molecule has 0 amide bonds. The van der Waals surface area contributed by atoms with Crippen molar-refractivity contribution >= 4 is 5.97 Å². The van der Waals surface area contributed by atoms with Gasteiger partial charge in [-0.25, -0.2) is 0 Å². The molecule has 1 unspecified atom stereocenters. The van der Waals surface area contributed by atoms with Gasteiger partial charge in [0.1, 0.15) is 0 Å². The summed E-state index contributed by atoms with van der Waals surface area (Å²) in [6.07, 6.45) is 9.52. The van der Waals surface area contributed by atoms with Crippen molar-refractivity contribution in [1.82, 2.24) is 4.90 Å². The van der Waals surface area contributed by atoms with Crippen LogP contribution in [0.15, 0.2) is 0 Å². The highest BCUT2D eigenvalue weighted by atomic mass is 16.4. The Morgan fingerprint density at radius 2 is 1.79 bits per heavy atom. The fourth-order valence-corrected chi connectivity index (χ4v) is 2.90. The number of hydrogen-bond donors (Lipinski definition) is 1. The molecule has 0 saturated carbocycles. The van der Waals surface area contributed by atoms with Gasteiger partial charge in [0.25, 0.3) is 0 Å². The second kappa shape index (κ2) is 7.88. The van der Waals surface area contributed by atoms with Crippen LogP contribution in [0.1, 0.15) is 72.1 Å². The Balaban J connectivity index is 2.21. The number of unbranched alkanes of at least 4 members (excludes halogenated alkanes) is 4. The Hall–Kier alpha value is -0.570. The fourth-order valence-electron chi connectivity index (χ4n) is 2.90. The second-order valence-corrected chi connectivity index (χ2v) is 6.45. The number of nitrogens with zero attached hydrogens (tertiary/aromatic N) is 1. The maximum atomic E-state index is 11.2. The van der Waals surface area contributed by atoms with Crippen LogP contribution in [-0.2, 0) is 4.79 Å². The van der Waals surface area contributed by atoms with Gasteiger partial charge in [-0.3, -0.25) is 4.79 Å². The zero-order chi connectivity index (χ0) is 14.3. The summed E-state index contributed by atoms with van der Waals surface area (Å²) in [5.74, 6) is -0.626. The molecule has 1 atom stereocenters. The molecule has 0 bridgehead atoms. The van der Waals surface area contributed by atoms with Gasteiger partial charge < -0.3 is 10.0 Å². The normalized spacial score (nSPS) is 21.2. The zero-order valence-electron chi connectivity index (χ0n) is 13.0. The van der Waals surface area contributed by atoms with Gasteiger partial charge in [-0.1, -0.05) is 39.0 Å². The number of carboxylic acids is 1. The van der Waals surface area contributed by atoms with Crippen molar-refractivity contribution in [3.8, 4) is 0 Å². The van der Waals surface area contributed by atoms with Gasteiger partial charge in [0.15, 0.2) is 0 Å². The van der Waals surface area contributed by atoms with Crippen LogP contribution in [-0.4, -0.2) is 35.1 Å². The lowest BCUT2D eigenvalue weighted by Crippen LogP contribution is -2.46. The molecule has 0 aromatic rings. The van der Waals surface area contributed by atoms with Crippen LogP contribution in [0.3, 0.4) is 0 Å². The molecule has 0 aromatic carbocycles. The predicted octanol–water partition coefficient (Wildman–Crippen LogP) is 3.92. The maximum absolute atomic E-state index is 11.2. The van der Waals surface area contributed by atoms with Gasteiger partial charge >= 0.3 is 5.97 Å². The summed E-state index contributed by atoms with van der Waals surface area (Å²) in [7, 11) is 0. The number of piperidine rings is 1. The van der Waals surface area contributed by atoms with Gasteiger partial charge in [-0.05, 0) is 46.2 Å². The van der Waals surface area contributed by atoms with E-state index in [1.54, 1.807) is 0 Å². The molecule has 1 aliphatic rings. The van der Waals surface area contributed by atoms with Crippen molar-refractivity contribution in [3.63, 3.8) is 0 Å². The number of hydrogen-bond acceptors (Lipinski definition) is 2. The third-order valence-corrected chi connectivity index (χ3v) is 4.77. The van der Waals surface area contributed by atoms with Gasteiger partial charge in [-0.15, -0.1) is 0 Å². The molecule has 1 saturated heterocycles. The first-order chi connectivity index (χ1) is 8.99. The summed E-state index contributed by atoms with van der Waals surface area (Å²) in [4.78, 5) is 13.7.